The predicted molar refractivity (Wildman–Crippen MR) is 70.3 cm³/mol. The molecule has 1 fully saturated rings. The van der Waals surface area contributed by atoms with Crippen LogP contribution in [-0.4, -0.2) is 27.4 Å². The summed E-state index contributed by atoms with van der Waals surface area (Å²) in [6, 6.07) is 0. The molecular weight excluding hydrogens is 234 g/mol. The first kappa shape index (κ1) is 12.8. The van der Waals surface area contributed by atoms with Crippen molar-refractivity contribution in [3.63, 3.8) is 0 Å². The molecule has 0 amide bonds. The van der Waals surface area contributed by atoms with Gasteiger partial charge in [0, 0.05) is 12.0 Å². The van der Waals surface area contributed by atoms with Crippen molar-refractivity contribution in [1.82, 2.24) is 10.2 Å². The molecule has 1 aromatic heterocycles. The molecule has 0 radical (unpaired) electrons. The highest BCUT2D eigenvalue weighted by Crippen LogP contribution is 2.43. The maximum Gasteiger partial charge on any atom is 0.205 e. The summed E-state index contributed by atoms with van der Waals surface area (Å²) >= 11 is 1.55. The highest BCUT2D eigenvalue weighted by molar-refractivity contribution is 7.15. The number of anilines is 1. The molecule has 0 aromatic carbocycles. The van der Waals surface area contributed by atoms with Crippen LogP contribution in [0.3, 0.4) is 0 Å². The molecule has 1 aliphatic rings. The van der Waals surface area contributed by atoms with E-state index in [9.17, 15) is 5.11 Å². The third-order valence-corrected chi connectivity index (χ3v) is 4.69. The van der Waals surface area contributed by atoms with Gasteiger partial charge in [0.2, 0.25) is 5.13 Å². The molecule has 1 aromatic rings. The third kappa shape index (κ3) is 2.60. The van der Waals surface area contributed by atoms with Gasteiger partial charge in [0.25, 0.3) is 0 Å². The summed E-state index contributed by atoms with van der Waals surface area (Å²) < 4.78 is 0. The van der Waals surface area contributed by atoms with E-state index >= 15 is 0 Å². The molecule has 0 saturated heterocycles. The predicted octanol–water partition coefficient (Wildman–Crippen LogP) is 2.59. The summed E-state index contributed by atoms with van der Waals surface area (Å²) in [5, 5.41) is 23.7. The van der Waals surface area contributed by atoms with Gasteiger partial charge in [0.1, 0.15) is 5.01 Å². The normalized spacial score (nSPS) is 19.5. The van der Waals surface area contributed by atoms with Crippen molar-refractivity contribution >= 4 is 16.5 Å². The molecule has 2 N–H and O–H groups in total. The molecule has 0 atom stereocenters. The highest BCUT2D eigenvalue weighted by atomic mass is 32.1. The van der Waals surface area contributed by atoms with Gasteiger partial charge in [-0.25, -0.2) is 0 Å². The van der Waals surface area contributed by atoms with Gasteiger partial charge in [0.15, 0.2) is 0 Å². The van der Waals surface area contributed by atoms with Crippen LogP contribution in [0.4, 0.5) is 5.13 Å². The number of nitrogens with one attached hydrogen (secondary N) is 1. The van der Waals surface area contributed by atoms with Crippen LogP contribution >= 0.6 is 11.3 Å². The number of rotatable bonds is 4. The monoisotopic (exact) mass is 255 g/mol. The van der Waals surface area contributed by atoms with Gasteiger partial charge in [-0.15, -0.1) is 10.2 Å². The van der Waals surface area contributed by atoms with Gasteiger partial charge < -0.3 is 10.4 Å². The Morgan fingerprint density at radius 1 is 1.35 bits per heavy atom. The zero-order valence-corrected chi connectivity index (χ0v) is 11.6. The molecule has 0 unspecified atom stereocenters. The average Bonchev–Trinajstić information content (AvgIpc) is 2.86. The second kappa shape index (κ2) is 4.53. The van der Waals surface area contributed by atoms with Crippen LogP contribution in [0.1, 0.15) is 44.5 Å². The molecular formula is C12H21N3OS. The maximum atomic E-state index is 10.6. The van der Waals surface area contributed by atoms with E-state index in [-0.39, 0.29) is 5.41 Å². The molecule has 0 bridgehead atoms. The molecule has 0 aliphatic heterocycles. The molecule has 0 spiro atoms. The number of hydrogen-bond acceptors (Lipinski definition) is 5. The van der Waals surface area contributed by atoms with Crippen LogP contribution in [-0.2, 0) is 0 Å². The Morgan fingerprint density at radius 3 is 2.53 bits per heavy atom. The molecule has 1 saturated carbocycles. The van der Waals surface area contributed by atoms with Gasteiger partial charge >= 0.3 is 0 Å². The van der Waals surface area contributed by atoms with Crippen molar-refractivity contribution < 1.29 is 5.11 Å². The molecule has 1 heterocycles. The van der Waals surface area contributed by atoms with Crippen LogP contribution in [0.25, 0.3) is 0 Å². The lowest BCUT2D eigenvalue weighted by molar-refractivity contribution is -0.0541. The Balaban J connectivity index is 1.97. The quantitative estimate of drug-likeness (QED) is 0.868. The first-order valence-corrected chi connectivity index (χ1v) is 7.01. The fourth-order valence-corrected chi connectivity index (χ4v) is 3.05. The SMILES string of the molecule is Cc1nnc(NCC(C)(C)C2(O)CCCC2)s1. The lowest BCUT2D eigenvalue weighted by Crippen LogP contribution is -2.46. The van der Waals surface area contributed by atoms with Gasteiger partial charge in [0.05, 0.1) is 5.60 Å². The van der Waals surface area contributed by atoms with E-state index in [2.05, 4.69) is 29.4 Å². The van der Waals surface area contributed by atoms with E-state index in [1.54, 1.807) is 11.3 Å². The summed E-state index contributed by atoms with van der Waals surface area (Å²) in [5.41, 5.74) is -0.664. The molecule has 2 rings (SSSR count). The fourth-order valence-electron chi connectivity index (χ4n) is 2.47. The Morgan fingerprint density at radius 2 is 2.00 bits per heavy atom. The number of hydrogen-bond donors (Lipinski definition) is 2. The molecule has 1 aliphatic carbocycles. The maximum absolute atomic E-state index is 10.6. The van der Waals surface area contributed by atoms with Crippen LogP contribution in [0.2, 0.25) is 0 Å². The fraction of sp³-hybridized carbons (Fsp3) is 0.833. The first-order chi connectivity index (χ1) is 7.93. The number of aryl methyl sites for hydroxylation is 1. The van der Waals surface area contributed by atoms with E-state index in [1.807, 2.05) is 6.92 Å². The number of aliphatic hydroxyl groups is 1. The first-order valence-electron chi connectivity index (χ1n) is 6.19. The van der Waals surface area contributed by atoms with Gasteiger partial charge in [-0.05, 0) is 19.8 Å². The Kier molecular flexibility index (Phi) is 3.41. The standard InChI is InChI=1S/C12H21N3OS/c1-9-14-15-10(17-9)13-8-11(2,3)12(16)6-4-5-7-12/h16H,4-8H2,1-3H3,(H,13,15). The Bertz CT molecular complexity index is 383. The van der Waals surface area contributed by atoms with Crippen molar-refractivity contribution in [3.05, 3.63) is 5.01 Å². The zero-order chi connectivity index (χ0) is 12.5. The molecule has 17 heavy (non-hydrogen) atoms. The number of aromatic nitrogens is 2. The highest BCUT2D eigenvalue weighted by Gasteiger charge is 2.45. The van der Waals surface area contributed by atoms with Crippen molar-refractivity contribution in [3.8, 4) is 0 Å². The van der Waals surface area contributed by atoms with Crippen LogP contribution in [0.15, 0.2) is 0 Å². The minimum atomic E-state index is -0.528. The summed E-state index contributed by atoms with van der Waals surface area (Å²) in [6.07, 6.45) is 4.10. The smallest absolute Gasteiger partial charge is 0.205 e. The van der Waals surface area contributed by atoms with Crippen molar-refractivity contribution in [2.24, 2.45) is 5.41 Å². The van der Waals surface area contributed by atoms with Crippen LogP contribution in [0, 0.1) is 12.3 Å². The summed E-state index contributed by atoms with van der Waals surface area (Å²) in [4.78, 5) is 0. The van der Waals surface area contributed by atoms with Gasteiger partial charge in [-0.3, -0.25) is 0 Å². The average molecular weight is 255 g/mol. The van der Waals surface area contributed by atoms with Gasteiger partial charge in [-0.2, -0.15) is 0 Å². The van der Waals surface area contributed by atoms with E-state index in [4.69, 9.17) is 0 Å². The van der Waals surface area contributed by atoms with Crippen molar-refractivity contribution in [2.75, 3.05) is 11.9 Å². The van der Waals surface area contributed by atoms with Crippen LogP contribution in [0.5, 0.6) is 0 Å². The summed E-state index contributed by atoms with van der Waals surface area (Å²) in [6.45, 7) is 6.93. The van der Waals surface area contributed by atoms with E-state index in [1.165, 1.54) is 0 Å². The van der Waals surface area contributed by atoms with Crippen molar-refractivity contribution in [2.45, 2.75) is 52.1 Å². The Hall–Kier alpha value is -0.680. The van der Waals surface area contributed by atoms with Gasteiger partial charge in [-0.1, -0.05) is 38.0 Å². The van der Waals surface area contributed by atoms with E-state index < -0.39 is 5.60 Å². The zero-order valence-electron chi connectivity index (χ0n) is 10.8. The van der Waals surface area contributed by atoms with Crippen LogP contribution < -0.4 is 5.32 Å². The minimum Gasteiger partial charge on any atom is -0.389 e. The summed E-state index contributed by atoms with van der Waals surface area (Å²) in [5.74, 6) is 0. The third-order valence-electron chi connectivity index (χ3n) is 3.90. The largest absolute Gasteiger partial charge is 0.389 e. The molecule has 5 heteroatoms. The lowest BCUT2D eigenvalue weighted by atomic mass is 9.73. The summed E-state index contributed by atoms with van der Waals surface area (Å²) in [7, 11) is 0. The van der Waals surface area contributed by atoms with Crippen molar-refractivity contribution in [1.29, 1.82) is 0 Å². The second-order valence-corrected chi connectivity index (χ2v) is 6.78. The minimum absolute atomic E-state index is 0.136. The number of nitrogens with zero attached hydrogens (tertiary/aromatic N) is 2. The van der Waals surface area contributed by atoms with E-state index in [0.29, 0.717) is 0 Å². The topological polar surface area (TPSA) is 58.0 Å². The molecule has 4 nitrogen and oxygen atoms in total. The lowest BCUT2D eigenvalue weighted by Gasteiger charge is -2.40. The Labute approximate surface area is 106 Å². The second-order valence-electron chi connectivity index (χ2n) is 5.60. The molecule has 96 valence electrons. The van der Waals surface area contributed by atoms with E-state index in [0.717, 1.165) is 42.4 Å².